The molecule has 7 nitrogen and oxygen atoms in total. The van der Waals surface area contributed by atoms with Crippen LogP contribution < -0.4 is 9.64 Å². The zero-order chi connectivity index (χ0) is 24.7. The predicted octanol–water partition coefficient (Wildman–Crippen LogP) is 4.87. The fourth-order valence-electron chi connectivity index (χ4n) is 3.58. The number of carbonyl (C=O) groups is 1. The molecule has 0 saturated carbocycles. The topological polar surface area (TPSA) is 79.8 Å². The smallest absolute Gasteiger partial charge is 0.260 e. The third kappa shape index (κ3) is 6.34. The second-order valence-electron chi connectivity index (χ2n) is 8.08. The van der Waals surface area contributed by atoms with Gasteiger partial charge in [-0.25, -0.2) is 13.4 Å². The summed E-state index contributed by atoms with van der Waals surface area (Å²) in [7, 11) is -3.44. The minimum Gasteiger partial charge on any atom is -0.494 e. The molecule has 0 aliphatic heterocycles. The first-order valence-corrected chi connectivity index (χ1v) is 14.4. The minimum atomic E-state index is -3.44. The van der Waals surface area contributed by atoms with E-state index in [-0.39, 0.29) is 10.8 Å². The van der Waals surface area contributed by atoms with Crippen LogP contribution in [-0.2, 0) is 9.84 Å². The third-order valence-corrected chi connectivity index (χ3v) is 7.82. The van der Waals surface area contributed by atoms with E-state index >= 15 is 0 Å². The number of hydrogen-bond donors (Lipinski definition) is 0. The van der Waals surface area contributed by atoms with Gasteiger partial charge in [0.05, 0.1) is 16.2 Å². The zero-order valence-corrected chi connectivity index (χ0v) is 21.9. The summed E-state index contributed by atoms with van der Waals surface area (Å²) in [5.41, 5.74) is 0.940. The standard InChI is InChI=1S/C25H33N3O4S2/c1-5-8-18-32-20-14-12-19(13-15-20)24(29)28(17-16-27(6-2)7-3)25-26-23-21(33-25)10-9-11-22(23)34(4,30)31/h9-15H,5-8,16-18H2,1-4H3. The van der Waals surface area contributed by atoms with Gasteiger partial charge in [-0.05, 0) is 55.9 Å². The van der Waals surface area contributed by atoms with E-state index in [1.807, 2.05) is 18.2 Å². The number of carbonyl (C=O) groups excluding carboxylic acids is 1. The molecule has 0 saturated heterocycles. The molecule has 3 rings (SSSR count). The predicted molar refractivity (Wildman–Crippen MR) is 139 cm³/mol. The summed E-state index contributed by atoms with van der Waals surface area (Å²) in [4.78, 5) is 22.3. The summed E-state index contributed by atoms with van der Waals surface area (Å²) in [6, 6.07) is 12.3. The van der Waals surface area contributed by atoms with Crippen molar-refractivity contribution in [3.05, 3.63) is 48.0 Å². The van der Waals surface area contributed by atoms with Gasteiger partial charge in [0.25, 0.3) is 5.91 Å². The summed E-state index contributed by atoms with van der Waals surface area (Å²) in [5, 5.41) is 0.492. The fraction of sp³-hybridized carbons (Fsp3) is 0.440. The van der Waals surface area contributed by atoms with E-state index < -0.39 is 9.84 Å². The van der Waals surface area contributed by atoms with Gasteiger partial charge >= 0.3 is 0 Å². The molecule has 2 aromatic carbocycles. The molecule has 0 atom stereocenters. The third-order valence-electron chi connectivity index (χ3n) is 5.65. The highest BCUT2D eigenvalue weighted by Gasteiger charge is 2.24. The van der Waals surface area contributed by atoms with E-state index in [1.165, 1.54) is 17.6 Å². The number of amides is 1. The fourth-order valence-corrected chi connectivity index (χ4v) is 5.49. The molecule has 34 heavy (non-hydrogen) atoms. The molecule has 0 fully saturated rings. The summed E-state index contributed by atoms with van der Waals surface area (Å²) >= 11 is 1.33. The second kappa shape index (κ2) is 11.8. The number of anilines is 1. The number of ether oxygens (including phenoxy) is 1. The Morgan fingerprint density at radius 3 is 2.35 bits per heavy atom. The van der Waals surface area contributed by atoms with Crippen molar-refractivity contribution >= 4 is 42.4 Å². The summed E-state index contributed by atoms with van der Waals surface area (Å²) in [5.74, 6) is 0.560. The van der Waals surface area contributed by atoms with Crippen LogP contribution >= 0.6 is 11.3 Å². The largest absolute Gasteiger partial charge is 0.494 e. The molecule has 0 radical (unpaired) electrons. The molecule has 9 heteroatoms. The van der Waals surface area contributed by atoms with Gasteiger partial charge in [0.2, 0.25) is 0 Å². The Hall–Kier alpha value is -2.49. The van der Waals surface area contributed by atoms with Crippen molar-refractivity contribution in [1.29, 1.82) is 0 Å². The van der Waals surface area contributed by atoms with Crippen molar-refractivity contribution in [3.8, 4) is 5.75 Å². The van der Waals surface area contributed by atoms with Gasteiger partial charge in [-0.15, -0.1) is 0 Å². The van der Waals surface area contributed by atoms with E-state index in [4.69, 9.17) is 4.74 Å². The van der Waals surface area contributed by atoms with Crippen LogP contribution in [0.15, 0.2) is 47.4 Å². The lowest BCUT2D eigenvalue weighted by Gasteiger charge is -2.24. The zero-order valence-electron chi connectivity index (χ0n) is 20.3. The lowest BCUT2D eigenvalue weighted by molar-refractivity contribution is 0.0983. The highest BCUT2D eigenvalue weighted by molar-refractivity contribution is 7.91. The number of fused-ring (bicyclic) bond motifs is 1. The number of sulfone groups is 1. The molecule has 1 amide bonds. The number of rotatable bonds is 12. The van der Waals surface area contributed by atoms with E-state index in [1.54, 1.807) is 29.2 Å². The van der Waals surface area contributed by atoms with Crippen molar-refractivity contribution in [1.82, 2.24) is 9.88 Å². The van der Waals surface area contributed by atoms with Crippen molar-refractivity contribution in [2.75, 3.05) is 43.9 Å². The van der Waals surface area contributed by atoms with Gasteiger partial charge in [0.1, 0.15) is 11.3 Å². The summed E-state index contributed by atoms with van der Waals surface area (Å²) in [6.45, 7) is 9.81. The number of hydrogen-bond acceptors (Lipinski definition) is 7. The molecular formula is C25H33N3O4S2. The Kier molecular flexibility index (Phi) is 9.04. The van der Waals surface area contributed by atoms with E-state index in [2.05, 4.69) is 30.7 Å². The van der Waals surface area contributed by atoms with Crippen LogP contribution in [0.1, 0.15) is 44.0 Å². The first kappa shape index (κ1) is 26.1. The van der Waals surface area contributed by atoms with Crippen molar-refractivity contribution in [2.45, 2.75) is 38.5 Å². The van der Waals surface area contributed by atoms with E-state index in [0.717, 1.165) is 36.4 Å². The summed E-state index contributed by atoms with van der Waals surface area (Å²) < 4.78 is 31.0. The van der Waals surface area contributed by atoms with Crippen molar-refractivity contribution < 1.29 is 17.9 Å². The molecule has 0 bridgehead atoms. The summed E-state index contributed by atoms with van der Waals surface area (Å²) in [6.07, 6.45) is 3.21. The molecule has 1 heterocycles. The number of thiazole rings is 1. The Bertz CT molecular complexity index is 1200. The first-order chi connectivity index (χ1) is 16.3. The van der Waals surface area contributed by atoms with Crippen LogP contribution in [0.5, 0.6) is 5.75 Å². The normalized spacial score (nSPS) is 11.8. The van der Waals surface area contributed by atoms with Gasteiger partial charge in [0, 0.05) is 24.9 Å². The molecule has 0 N–H and O–H groups in total. The average Bonchev–Trinajstić information content (AvgIpc) is 3.25. The lowest BCUT2D eigenvalue weighted by atomic mass is 10.2. The van der Waals surface area contributed by atoms with Crippen molar-refractivity contribution in [2.24, 2.45) is 0 Å². The number of aromatic nitrogens is 1. The van der Waals surface area contributed by atoms with Gasteiger partial charge in [-0.1, -0.05) is 44.6 Å². The monoisotopic (exact) mass is 503 g/mol. The van der Waals surface area contributed by atoms with Gasteiger partial charge in [-0.3, -0.25) is 9.69 Å². The first-order valence-electron chi connectivity index (χ1n) is 11.6. The average molecular weight is 504 g/mol. The maximum atomic E-state index is 13.6. The molecule has 0 aliphatic rings. The van der Waals surface area contributed by atoms with Crippen LogP contribution in [-0.4, -0.2) is 63.3 Å². The molecule has 3 aromatic rings. The van der Waals surface area contributed by atoms with Crippen LogP contribution in [0.3, 0.4) is 0 Å². The Morgan fingerprint density at radius 2 is 1.74 bits per heavy atom. The Morgan fingerprint density at radius 1 is 1.03 bits per heavy atom. The number of nitrogens with zero attached hydrogens (tertiary/aromatic N) is 3. The minimum absolute atomic E-state index is 0.174. The van der Waals surface area contributed by atoms with E-state index in [9.17, 15) is 13.2 Å². The van der Waals surface area contributed by atoms with E-state index in [0.29, 0.717) is 35.9 Å². The van der Waals surface area contributed by atoms with Crippen LogP contribution in [0.4, 0.5) is 5.13 Å². The number of benzene rings is 2. The molecule has 184 valence electrons. The number of unbranched alkanes of at least 4 members (excludes halogenated alkanes) is 1. The van der Waals surface area contributed by atoms with Crippen molar-refractivity contribution in [3.63, 3.8) is 0 Å². The maximum absolute atomic E-state index is 13.6. The van der Waals surface area contributed by atoms with Crippen LogP contribution in [0.25, 0.3) is 10.2 Å². The van der Waals surface area contributed by atoms with Gasteiger partial charge < -0.3 is 9.64 Å². The maximum Gasteiger partial charge on any atom is 0.260 e. The quantitative estimate of drug-likeness (QED) is 0.328. The SMILES string of the molecule is CCCCOc1ccc(C(=O)N(CCN(CC)CC)c2nc3c(S(C)(=O)=O)cccc3s2)cc1. The van der Waals surface area contributed by atoms with Gasteiger partial charge in [-0.2, -0.15) is 0 Å². The molecule has 0 aliphatic carbocycles. The highest BCUT2D eigenvalue weighted by atomic mass is 32.2. The van der Waals surface area contributed by atoms with Crippen LogP contribution in [0, 0.1) is 0 Å². The van der Waals surface area contributed by atoms with Crippen LogP contribution in [0.2, 0.25) is 0 Å². The molecular weight excluding hydrogens is 470 g/mol. The number of para-hydroxylation sites is 1. The Labute approximate surface area is 206 Å². The number of likely N-dealkylation sites (N-methyl/N-ethyl adjacent to an activating group) is 1. The molecule has 0 unspecified atom stereocenters. The van der Waals surface area contributed by atoms with Gasteiger partial charge in [0.15, 0.2) is 15.0 Å². The molecule has 1 aromatic heterocycles. The lowest BCUT2D eigenvalue weighted by Crippen LogP contribution is -2.38. The second-order valence-corrected chi connectivity index (χ2v) is 11.1. The highest BCUT2D eigenvalue weighted by Crippen LogP contribution is 2.33. The molecule has 0 spiro atoms. The Balaban J connectivity index is 1.95.